The Kier molecular flexibility index (Phi) is 6.72. The van der Waals surface area contributed by atoms with Crippen LogP contribution in [0, 0.1) is 5.92 Å². The van der Waals surface area contributed by atoms with E-state index >= 15 is 0 Å². The van der Waals surface area contributed by atoms with Crippen LogP contribution in [0.5, 0.6) is 5.75 Å². The van der Waals surface area contributed by atoms with Crippen LogP contribution in [0.4, 0.5) is 0 Å². The quantitative estimate of drug-likeness (QED) is 0.820. The van der Waals surface area contributed by atoms with Gasteiger partial charge in [-0.1, -0.05) is 42.6 Å². The zero-order valence-electron chi connectivity index (χ0n) is 11.6. The number of nitrogens with two attached hydrogens (primary N) is 1. The second-order valence-electron chi connectivity index (χ2n) is 4.93. The Balaban J connectivity index is 2.74. The molecule has 0 bridgehead atoms. The topological polar surface area (TPSA) is 35.2 Å². The van der Waals surface area contributed by atoms with Gasteiger partial charge in [-0.25, -0.2) is 0 Å². The van der Waals surface area contributed by atoms with E-state index < -0.39 is 0 Å². The van der Waals surface area contributed by atoms with E-state index in [1.807, 2.05) is 19.1 Å². The predicted molar refractivity (Wildman–Crippen MR) is 81.1 cm³/mol. The second-order valence-corrected chi connectivity index (χ2v) is 5.84. The van der Waals surface area contributed by atoms with Crippen LogP contribution in [0.15, 0.2) is 22.7 Å². The van der Waals surface area contributed by atoms with Crippen molar-refractivity contribution in [2.24, 2.45) is 11.7 Å². The minimum Gasteiger partial charge on any atom is -0.493 e. The molecule has 0 fully saturated rings. The molecule has 0 aliphatic heterocycles. The van der Waals surface area contributed by atoms with Crippen LogP contribution in [-0.4, -0.2) is 12.6 Å². The largest absolute Gasteiger partial charge is 0.493 e. The maximum Gasteiger partial charge on any atom is 0.122 e. The first-order chi connectivity index (χ1) is 8.56. The van der Waals surface area contributed by atoms with Crippen LogP contribution < -0.4 is 10.5 Å². The number of benzene rings is 1. The van der Waals surface area contributed by atoms with Crippen molar-refractivity contribution in [3.63, 3.8) is 0 Å². The van der Waals surface area contributed by atoms with Gasteiger partial charge in [0.25, 0.3) is 0 Å². The van der Waals surface area contributed by atoms with Crippen molar-refractivity contribution < 1.29 is 4.74 Å². The number of hydrogen-bond donors (Lipinski definition) is 1. The third-order valence-electron chi connectivity index (χ3n) is 3.19. The highest BCUT2D eigenvalue weighted by molar-refractivity contribution is 9.10. The first kappa shape index (κ1) is 15.5. The summed E-state index contributed by atoms with van der Waals surface area (Å²) in [5, 5.41) is 0. The van der Waals surface area contributed by atoms with Crippen LogP contribution in [0.3, 0.4) is 0 Å². The van der Waals surface area contributed by atoms with Crippen LogP contribution in [0.2, 0.25) is 0 Å². The van der Waals surface area contributed by atoms with E-state index in [2.05, 4.69) is 35.8 Å². The first-order valence-electron chi connectivity index (χ1n) is 6.73. The van der Waals surface area contributed by atoms with Gasteiger partial charge in [0.2, 0.25) is 0 Å². The van der Waals surface area contributed by atoms with E-state index in [0.717, 1.165) is 36.1 Å². The molecular formula is C15H24BrNO. The van der Waals surface area contributed by atoms with E-state index in [0.29, 0.717) is 5.92 Å². The highest BCUT2D eigenvalue weighted by Gasteiger charge is 2.09. The Bertz CT molecular complexity index is 362. The number of hydrogen-bond acceptors (Lipinski definition) is 2. The predicted octanol–water partition coefficient (Wildman–Crippen LogP) is 4.15. The summed E-state index contributed by atoms with van der Waals surface area (Å²) in [6, 6.07) is 6.30. The number of halogens is 1. The SMILES string of the molecule is CCC(CC)COc1ccc(Br)cc1CC(C)N. The number of ether oxygens (including phenoxy) is 1. The minimum atomic E-state index is 0.148. The van der Waals surface area contributed by atoms with Gasteiger partial charge in [0.15, 0.2) is 0 Å². The van der Waals surface area contributed by atoms with Crippen molar-refractivity contribution in [1.29, 1.82) is 0 Å². The van der Waals surface area contributed by atoms with E-state index in [1.54, 1.807) is 0 Å². The molecular weight excluding hydrogens is 290 g/mol. The Labute approximate surface area is 119 Å². The fraction of sp³-hybridized carbons (Fsp3) is 0.600. The van der Waals surface area contributed by atoms with Crippen molar-refractivity contribution >= 4 is 15.9 Å². The second kappa shape index (κ2) is 7.80. The molecule has 1 rings (SSSR count). The van der Waals surface area contributed by atoms with Gasteiger partial charge < -0.3 is 10.5 Å². The Hall–Kier alpha value is -0.540. The molecule has 0 amide bonds. The highest BCUT2D eigenvalue weighted by atomic mass is 79.9. The molecule has 2 nitrogen and oxygen atoms in total. The summed E-state index contributed by atoms with van der Waals surface area (Å²) in [7, 11) is 0. The molecule has 3 heteroatoms. The van der Waals surface area contributed by atoms with Gasteiger partial charge >= 0.3 is 0 Å². The molecule has 0 heterocycles. The molecule has 0 saturated carbocycles. The molecule has 1 atom stereocenters. The molecule has 1 unspecified atom stereocenters. The van der Waals surface area contributed by atoms with Crippen LogP contribution in [-0.2, 0) is 6.42 Å². The number of rotatable bonds is 7. The monoisotopic (exact) mass is 313 g/mol. The maximum atomic E-state index is 5.96. The third kappa shape index (κ3) is 4.99. The molecule has 102 valence electrons. The summed E-state index contributed by atoms with van der Waals surface area (Å²) in [6.07, 6.45) is 3.17. The third-order valence-corrected chi connectivity index (χ3v) is 3.69. The fourth-order valence-electron chi connectivity index (χ4n) is 1.93. The maximum absolute atomic E-state index is 5.96. The summed E-state index contributed by atoms with van der Waals surface area (Å²) >= 11 is 3.50. The van der Waals surface area contributed by atoms with Gasteiger partial charge in [-0.2, -0.15) is 0 Å². The molecule has 2 N–H and O–H groups in total. The zero-order valence-corrected chi connectivity index (χ0v) is 13.2. The van der Waals surface area contributed by atoms with Crippen molar-refractivity contribution in [1.82, 2.24) is 0 Å². The molecule has 1 aromatic rings. The lowest BCUT2D eigenvalue weighted by Crippen LogP contribution is -2.19. The van der Waals surface area contributed by atoms with Gasteiger partial charge in [-0.05, 0) is 43.0 Å². The fourth-order valence-corrected chi connectivity index (χ4v) is 2.34. The Morgan fingerprint density at radius 3 is 2.50 bits per heavy atom. The molecule has 0 saturated heterocycles. The van der Waals surface area contributed by atoms with E-state index in [1.165, 1.54) is 5.56 Å². The lowest BCUT2D eigenvalue weighted by atomic mass is 10.0. The highest BCUT2D eigenvalue weighted by Crippen LogP contribution is 2.25. The summed E-state index contributed by atoms with van der Waals surface area (Å²) < 4.78 is 7.04. The lowest BCUT2D eigenvalue weighted by molar-refractivity contribution is 0.238. The standard InChI is InChI=1S/C15H24BrNO/c1-4-12(5-2)10-18-15-7-6-14(16)9-13(15)8-11(3)17/h6-7,9,11-12H,4-5,8,10,17H2,1-3H3. The van der Waals surface area contributed by atoms with E-state index in [9.17, 15) is 0 Å². The van der Waals surface area contributed by atoms with Crippen molar-refractivity contribution in [3.8, 4) is 5.75 Å². The van der Waals surface area contributed by atoms with Crippen molar-refractivity contribution in [3.05, 3.63) is 28.2 Å². The molecule has 0 aliphatic carbocycles. The summed E-state index contributed by atoms with van der Waals surface area (Å²) in [5.74, 6) is 1.61. The average Bonchev–Trinajstić information content (AvgIpc) is 2.32. The van der Waals surface area contributed by atoms with E-state index in [4.69, 9.17) is 10.5 Å². The Morgan fingerprint density at radius 1 is 1.28 bits per heavy atom. The van der Waals surface area contributed by atoms with Gasteiger partial charge in [-0.15, -0.1) is 0 Å². The van der Waals surface area contributed by atoms with Crippen LogP contribution in [0.25, 0.3) is 0 Å². The van der Waals surface area contributed by atoms with E-state index in [-0.39, 0.29) is 6.04 Å². The zero-order chi connectivity index (χ0) is 13.5. The molecule has 1 aromatic carbocycles. The van der Waals surface area contributed by atoms with Crippen molar-refractivity contribution in [2.45, 2.75) is 46.1 Å². The van der Waals surface area contributed by atoms with Gasteiger partial charge in [0.05, 0.1) is 6.61 Å². The molecule has 0 aromatic heterocycles. The van der Waals surface area contributed by atoms with Crippen molar-refractivity contribution in [2.75, 3.05) is 6.61 Å². The lowest BCUT2D eigenvalue weighted by Gasteiger charge is -2.17. The van der Waals surface area contributed by atoms with Gasteiger partial charge in [0.1, 0.15) is 5.75 Å². The normalized spacial score (nSPS) is 12.8. The van der Waals surface area contributed by atoms with Crippen LogP contribution >= 0.6 is 15.9 Å². The smallest absolute Gasteiger partial charge is 0.122 e. The van der Waals surface area contributed by atoms with Gasteiger partial charge in [0, 0.05) is 10.5 Å². The first-order valence-corrected chi connectivity index (χ1v) is 7.52. The molecule has 0 radical (unpaired) electrons. The summed E-state index contributed by atoms with van der Waals surface area (Å²) in [5.41, 5.74) is 7.07. The minimum absolute atomic E-state index is 0.148. The molecule has 0 spiro atoms. The Morgan fingerprint density at radius 2 is 1.94 bits per heavy atom. The average molecular weight is 314 g/mol. The molecule has 0 aliphatic rings. The summed E-state index contributed by atoms with van der Waals surface area (Å²) in [4.78, 5) is 0. The molecule has 18 heavy (non-hydrogen) atoms. The summed E-state index contributed by atoms with van der Waals surface area (Å²) in [6.45, 7) is 7.23. The van der Waals surface area contributed by atoms with Gasteiger partial charge in [-0.3, -0.25) is 0 Å². The van der Waals surface area contributed by atoms with Crippen LogP contribution in [0.1, 0.15) is 39.2 Å².